The van der Waals surface area contributed by atoms with Crippen LogP contribution in [0.1, 0.15) is 45.1 Å². The Morgan fingerprint density at radius 3 is 2.67 bits per heavy atom. The third-order valence-corrected chi connectivity index (χ3v) is 3.05. The fraction of sp³-hybridized carbons (Fsp3) is 0.571. The van der Waals surface area contributed by atoms with Gasteiger partial charge in [-0.15, -0.1) is 0 Å². The molecule has 0 fully saturated rings. The Bertz CT molecular complexity index is 405. The van der Waals surface area contributed by atoms with Crippen molar-refractivity contribution in [3.63, 3.8) is 0 Å². The van der Waals surface area contributed by atoms with Crippen molar-refractivity contribution in [3.8, 4) is 0 Å². The molecule has 0 saturated heterocycles. The summed E-state index contributed by atoms with van der Waals surface area (Å²) in [6, 6.07) is 5.59. The van der Waals surface area contributed by atoms with E-state index in [1.807, 2.05) is 6.07 Å². The lowest BCUT2D eigenvalue weighted by Gasteiger charge is -2.15. The zero-order valence-electron chi connectivity index (χ0n) is 11.4. The van der Waals surface area contributed by atoms with E-state index < -0.39 is 0 Å². The molecule has 1 rings (SSSR count). The molecule has 0 aromatic heterocycles. The smallest absolute Gasteiger partial charge is 0.272 e. The van der Waals surface area contributed by atoms with E-state index in [0.29, 0.717) is 11.6 Å². The highest BCUT2D eigenvalue weighted by Gasteiger charge is 2.10. The molecule has 0 radical (unpaired) electrons. The van der Waals surface area contributed by atoms with Crippen molar-refractivity contribution >= 4 is 11.4 Å². The summed E-state index contributed by atoms with van der Waals surface area (Å²) in [5.41, 5.74) is 1.84. The second kappa shape index (κ2) is 6.99. The number of nitrogens with zero attached hydrogens (tertiary/aromatic N) is 1. The van der Waals surface area contributed by atoms with E-state index in [1.165, 1.54) is 19.3 Å². The minimum atomic E-state index is -0.343. The zero-order valence-corrected chi connectivity index (χ0v) is 11.4. The molecule has 0 aliphatic heterocycles. The quantitative estimate of drug-likeness (QED) is 0.446. The Morgan fingerprint density at radius 2 is 2.11 bits per heavy atom. The maximum Gasteiger partial charge on any atom is 0.272 e. The maximum atomic E-state index is 10.7. The molecule has 0 bridgehead atoms. The molecule has 1 N–H and O–H groups in total. The second-order valence-electron chi connectivity index (χ2n) is 4.80. The summed E-state index contributed by atoms with van der Waals surface area (Å²) in [7, 11) is 0. The van der Waals surface area contributed by atoms with E-state index in [1.54, 1.807) is 19.1 Å². The third-order valence-electron chi connectivity index (χ3n) is 3.05. The van der Waals surface area contributed by atoms with Crippen LogP contribution in [0.5, 0.6) is 0 Å². The van der Waals surface area contributed by atoms with Gasteiger partial charge in [0.15, 0.2) is 0 Å². The summed E-state index contributed by atoms with van der Waals surface area (Å²) < 4.78 is 0. The number of anilines is 1. The Morgan fingerprint density at radius 1 is 1.39 bits per heavy atom. The third kappa shape index (κ3) is 4.35. The summed E-state index contributed by atoms with van der Waals surface area (Å²) >= 11 is 0. The van der Waals surface area contributed by atoms with Crippen LogP contribution in [-0.2, 0) is 0 Å². The van der Waals surface area contributed by atoms with Crippen LogP contribution >= 0.6 is 0 Å². The molecule has 4 heteroatoms. The van der Waals surface area contributed by atoms with Gasteiger partial charge in [-0.3, -0.25) is 10.1 Å². The van der Waals surface area contributed by atoms with Crippen LogP contribution < -0.4 is 5.32 Å². The first kappa shape index (κ1) is 14.5. The Labute approximate surface area is 109 Å². The van der Waals surface area contributed by atoms with Crippen LogP contribution in [-0.4, -0.2) is 11.0 Å². The molecule has 100 valence electrons. The molecule has 0 aliphatic carbocycles. The highest BCUT2D eigenvalue weighted by Crippen LogP contribution is 2.22. The molecule has 0 spiro atoms. The van der Waals surface area contributed by atoms with Gasteiger partial charge in [-0.25, -0.2) is 0 Å². The van der Waals surface area contributed by atoms with Crippen molar-refractivity contribution in [1.82, 2.24) is 0 Å². The average Bonchev–Trinajstić information content (AvgIpc) is 2.28. The number of aryl methyl sites for hydroxylation is 1. The van der Waals surface area contributed by atoms with Crippen LogP contribution in [0.15, 0.2) is 18.2 Å². The minimum Gasteiger partial charge on any atom is -0.383 e. The van der Waals surface area contributed by atoms with Crippen LogP contribution in [0.3, 0.4) is 0 Å². The van der Waals surface area contributed by atoms with E-state index in [4.69, 9.17) is 0 Å². The van der Waals surface area contributed by atoms with Gasteiger partial charge in [0.05, 0.1) is 4.92 Å². The van der Waals surface area contributed by atoms with Gasteiger partial charge in [0, 0.05) is 23.4 Å². The number of hydrogen-bond acceptors (Lipinski definition) is 3. The molecule has 0 heterocycles. The standard InChI is InChI=1S/C14H22N2O2/c1-4-5-6-7-12(3)15-13-8-9-14(16(17)18)11(2)10-13/h8-10,12,15H,4-7H2,1-3H3. The van der Waals surface area contributed by atoms with Crippen LogP contribution in [0.25, 0.3) is 0 Å². The van der Waals surface area contributed by atoms with E-state index >= 15 is 0 Å². The van der Waals surface area contributed by atoms with Crippen LogP contribution in [0.2, 0.25) is 0 Å². The first-order valence-electron chi connectivity index (χ1n) is 6.56. The van der Waals surface area contributed by atoms with Crippen molar-refractivity contribution < 1.29 is 4.92 Å². The lowest BCUT2D eigenvalue weighted by molar-refractivity contribution is -0.385. The summed E-state index contributed by atoms with van der Waals surface area (Å²) in [6.07, 6.45) is 4.83. The molecule has 0 aliphatic rings. The lowest BCUT2D eigenvalue weighted by Crippen LogP contribution is -2.14. The topological polar surface area (TPSA) is 55.2 Å². The molecule has 0 saturated carbocycles. The molecule has 1 unspecified atom stereocenters. The average molecular weight is 250 g/mol. The number of unbranched alkanes of at least 4 members (excludes halogenated alkanes) is 2. The first-order chi connectivity index (χ1) is 8.54. The van der Waals surface area contributed by atoms with E-state index in [9.17, 15) is 10.1 Å². The normalized spacial score (nSPS) is 12.2. The van der Waals surface area contributed by atoms with Crippen molar-refractivity contribution in [1.29, 1.82) is 0 Å². The summed E-state index contributed by atoms with van der Waals surface area (Å²) in [5, 5.41) is 14.1. The van der Waals surface area contributed by atoms with Gasteiger partial charge in [0.25, 0.3) is 5.69 Å². The molecule has 1 aromatic carbocycles. The molecule has 18 heavy (non-hydrogen) atoms. The number of nitro groups is 1. The van der Waals surface area contributed by atoms with Crippen molar-refractivity contribution in [3.05, 3.63) is 33.9 Å². The summed E-state index contributed by atoms with van der Waals surface area (Å²) in [6.45, 7) is 6.11. The second-order valence-corrected chi connectivity index (χ2v) is 4.80. The van der Waals surface area contributed by atoms with E-state index in [0.717, 1.165) is 12.1 Å². The zero-order chi connectivity index (χ0) is 13.5. The molecular formula is C14H22N2O2. The molecular weight excluding hydrogens is 228 g/mol. The van der Waals surface area contributed by atoms with Gasteiger partial charge in [-0.05, 0) is 32.4 Å². The summed E-state index contributed by atoms with van der Waals surface area (Å²) in [5.74, 6) is 0. The Hall–Kier alpha value is -1.58. The number of nitro benzene ring substituents is 1. The predicted molar refractivity (Wildman–Crippen MR) is 75.1 cm³/mol. The van der Waals surface area contributed by atoms with Gasteiger partial charge in [0.1, 0.15) is 0 Å². The molecule has 4 nitrogen and oxygen atoms in total. The SMILES string of the molecule is CCCCCC(C)Nc1ccc([N+](=O)[O-])c(C)c1. The maximum absolute atomic E-state index is 10.7. The van der Waals surface area contributed by atoms with Crippen LogP contribution in [0, 0.1) is 17.0 Å². The minimum absolute atomic E-state index is 0.180. The fourth-order valence-electron chi connectivity index (χ4n) is 2.01. The number of hydrogen-bond donors (Lipinski definition) is 1. The highest BCUT2D eigenvalue weighted by atomic mass is 16.6. The first-order valence-corrected chi connectivity index (χ1v) is 6.56. The van der Waals surface area contributed by atoms with Gasteiger partial charge in [-0.2, -0.15) is 0 Å². The van der Waals surface area contributed by atoms with Crippen molar-refractivity contribution in [2.24, 2.45) is 0 Å². The number of rotatable bonds is 7. The predicted octanol–water partition coefficient (Wildman–Crippen LogP) is 4.28. The van der Waals surface area contributed by atoms with E-state index in [2.05, 4.69) is 19.2 Å². The Balaban J connectivity index is 2.57. The van der Waals surface area contributed by atoms with Gasteiger partial charge >= 0.3 is 0 Å². The van der Waals surface area contributed by atoms with Crippen LogP contribution in [0.4, 0.5) is 11.4 Å². The fourth-order valence-corrected chi connectivity index (χ4v) is 2.01. The van der Waals surface area contributed by atoms with Crippen molar-refractivity contribution in [2.75, 3.05) is 5.32 Å². The largest absolute Gasteiger partial charge is 0.383 e. The lowest BCUT2D eigenvalue weighted by atomic mass is 10.1. The molecule has 0 amide bonds. The summed E-state index contributed by atoms with van der Waals surface area (Å²) in [4.78, 5) is 10.4. The van der Waals surface area contributed by atoms with Gasteiger partial charge in [0.2, 0.25) is 0 Å². The van der Waals surface area contributed by atoms with Gasteiger partial charge < -0.3 is 5.32 Å². The Kier molecular flexibility index (Phi) is 5.62. The van der Waals surface area contributed by atoms with E-state index in [-0.39, 0.29) is 10.6 Å². The number of nitrogens with one attached hydrogen (secondary N) is 1. The molecule has 1 atom stereocenters. The molecule has 1 aromatic rings. The van der Waals surface area contributed by atoms with Crippen molar-refractivity contribution in [2.45, 2.75) is 52.5 Å². The monoisotopic (exact) mass is 250 g/mol. The highest BCUT2D eigenvalue weighted by molar-refractivity contribution is 5.53. The van der Waals surface area contributed by atoms with Gasteiger partial charge in [-0.1, -0.05) is 26.2 Å². The number of benzene rings is 1.